The standard InChI is InChI=1S/C11H13NO2/c13-9-1-2-11(12-6-9)14-10-4-7-3-8(7)5-10/h1-2,6-8,10,13H,3-5H2/t7-,8+,10-. The van der Waals surface area contributed by atoms with Gasteiger partial charge in [0.05, 0.1) is 6.20 Å². The quantitative estimate of drug-likeness (QED) is 0.777. The van der Waals surface area contributed by atoms with Crippen molar-refractivity contribution in [2.45, 2.75) is 25.4 Å². The third kappa shape index (κ3) is 1.43. The van der Waals surface area contributed by atoms with Crippen LogP contribution in [0.2, 0.25) is 0 Å². The fourth-order valence-corrected chi connectivity index (χ4v) is 2.37. The number of aromatic hydroxyl groups is 1. The molecule has 0 amide bonds. The van der Waals surface area contributed by atoms with Crippen molar-refractivity contribution in [3.63, 3.8) is 0 Å². The Morgan fingerprint density at radius 2 is 2.00 bits per heavy atom. The molecule has 1 aromatic rings. The number of ether oxygens (including phenoxy) is 1. The first-order chi connectivity index (χ1) is 6.81. The van der Waals surface area contributed by atoms with Crippen LogP contribution in [0.4, 0.5) is 0 Å². The third-order valence-corrected chi connectivity index (χ3v) is 3.21. The van der Waals surface area contributed by atoms with Gasteiger partial charge in [-0.3, -0.25) is 0 Å². The van der Waals surface area contributed by atoms with E-state index in [0.29, 0.717) is 12.0 Å². The van der Waals surface area contributed by atoms with Gasteiger partial charge >= 0.3 is 0 Å². The molecule has 2 saturated carbocycles. The second-order valence-electron chi connectivity index (χ2n) is 4.32. The van der Waals surface area contributed by atoms with Crippen LogP contribution in [0.25, 0.3) is 0 Å². The van der Waals surface area contributed by atoms with Crippen LogP contribution in [-0.4, -0.2) is 16.2 Å². The van der Waals surface area contributed by atoms with Crippen molar-refractivity contribution in [3.05, 3.63) is 18.3 Å². The zero-order chi connectivity index (χ0) is 9.54. The number of rotatable bonds is 2. The van der Waals surface area contributed by atoms with Crippen molar-refractivity contribution in [1.29, 1.82) is 0 Å². The molecular weight excluding hydrogens is 178 g/mol. The maximum absolute atomic E-state index is 9.05. The fraction of sp³-hybridized carbons (Fsp3) is 0.545. The fourth-order valence-electron chi connectivity index (χ4n) is 2.37. The molecule has 2 fully saturated rings. The van der Waals surface area contributed by atoms with Crippen molar-refractivity contribution in [2.75, 3.05) is 0 Å². The molecule has 0 saturated heterocycles. The summed E-state index contributed by atoms with van der Waals surface area (Å²) in [6.07, 6.45) is 5.56. The Balaban J connectivity index is 1.64. The molecule has 1 aromatic heterocycles. The van der Waals surface area contributed by atoms with E-state index in [2.05, 4.69) is 4.98 Å². The number of fused-ring (bicyclic) bond motifs is 1. The van der Waals surface area contributed by atoms with Gasteiger partial charge < -0.3 is 9.84 Å². The summed E-state index contributed by atoms with van der Waals surface area (Å²) in [4.78, 5) is 4.01. The Kier molecular flexibility index (Phi) is 1.66. The van der Waals surface area contributed by atoms with E-state index in [1.165, 1.54) is 25.5 Å². The van der Waals surface area contributed by atoms with Gasteiger partial charge in [0.15, 0.2) is 0 Å². The number of hydrogen-bond donors (Lipinski definition) is 1. The first-order valence-corrected chi connectivity index (χ1v) is 5.13. The summed E-state index contributed by atoms with van der Waals surface area (Å²) in [5, 5.41) is 9.05. The summed E-state index contributed by atoms with van der Waals surface area (Å²) in [6.45, 7) is 0. The minimum Gasteiger partial charge on any atom is -0.506 e. The van der Waals surface area contributed by atoms with Gasteiger partial charge in [-0.15, -0.1) is 0 Å². The van der Waals surface area contributed by atoms with Gasteiger partial charge in [0, 0.05) is 6.07 Å². The van der Waals surface area contributed by atoms with Crippen LogP contribution in [0.5, 0.6) is 11.6 Å². The molecule has 14 heavy (non-hydrogen) atoms. The van der Waals surface area contributed by atoms with E-state index in [9.17, 15) is 0 Å². The van der Waals surface area contributed by atoms with E-state index >= 15 is 0 Å². The lowest BCUT2D eigenvalue weighted by atomic mass is 10.2. The first-order valence-electron chi connectivity index (χ1n) is 5.13. The van der Waals surface area contributed by atoms with Crippen LogP contribution >= 0.6 is 0 Å². The highest BCUT2D eigenvalue weighted by Crippen LogP contribution is 2.52. The Morgan fingerprint density at radius 3 is 2.64 bits per heavy atom. The number of aromatic nitrogens is 1. The minimum atomic E-state index is 0.187. The predicted octanol–water partition coefficient (Wildman–Crippen LogP) is 1.96. The summed E-state index contributed by atoms with van der Waals surface area (Å²) < 4.78 is 5.71. The second kappa shape index (κ2) is 2.87. The molecule has 0 aromatic carbocycles. The highest BCUT2D eigenvalue weighted by Gasteiger charge is 2.46. The van der Waals surface area contributed by atoms with Gasteiger partial charge in [-0.25, -0.2) is 4.98 Å². The summed E-state index contributed by atoms with van der Waals surface area (Å²) in [5.41, 5.74) is 0. The number of hydrogen-bond acceptors (Lipinski definition) is 3. The molecule has 0 spiro atoms. The predicted molar refractivity (Wildman–Crippen MR) is 51.1 cm³/mol. The van der Waals surface area contributed by atoms with E-state index < -0.39 is 0 Å². The van der Waals surface area contributed by atoms with Crippen molar-refractivity contribution >= 4 is 0 Å². The Morgan fingerprint density at radius 1 is 1.21 bits per heavy atom. The summed E-state index contributed by atoms with van der Waals surface area (Å²) in [6, 6.07) is 3.33. The maximum Gasteiger partial charge on any atom is 0.213 e. The van der Waals surface area contributed by atoms with Crippen LogP contribution in [0.3, 0.4) is 0 Å². The summed E-state index contributed by atoms with van der Waals surface area (Å²) >= 11 is 0. The lowest BCUT2D eigenvalue weighted by Gasteiger charge is -2.13. The summed E-state index contributed by atoms with van der Waals surface area (Å²) in [5.74, 6) is 2.68. The van der Waals surface area contributed by atoms with Crippen LogP contribution < -0.4 is 4.74 Å². The molecule has 0 aliphatic heterocycles. The Hall–Kier alpha value is -1.25. The van der Waals surface area contributed by atoms with E-state index in [-0.39, 0.29) is 5.75 Å². The first kappa shape index (κ1) is 8.09. The SMILES string of the molecule is Oc1ccc(O[C@H]2C[C@@H]3C[C@@H]3C2)nc1. The normalized spacial score (nSPS) is 33.9. The zero-order valence-corrected chi connectivity index (χ0v) is 7.89. The number of nitrogens with zero attached hydrogens (tertiary/aromatic N) is 1. The van der Waals surface area contributed by atoms with Crippen molar-refractivity contribution in [1.82, 2.24) is 4.98 Å². The van der Waals surface area contributed by atoms with Crippen molar-refractivity contribution in [2.24, 2.45) is 11.8 Å². The zero-order valence-electron chi connectivity index (χ0n) is 7.89. The molecule has 1 heterocycles. The lowest BCUT2D eigenvalue weighted by Crippen LogP contribution is -2.14. The average Bonchev–Trinajstić information content (AvgIpc) is 2.79. The highest BCUT2D eigenvalue weighted by molar-refractivity contribution is 5.21. The number of pyridine rings is 1. The van der Waals surface area contributed by atoms with Gasteiger partial charge in [0.25, 0.3) is 0 Å². The van der Waals surface area contributed by atoms with E-state index in [4.69, 9.17) is 9.84 Å². The minimum absolute atomic E-state index is 0.187. The average molecular weight is 191 g/mol. The maximum atomic E-state index is 9.05. The molecule has 3 nitrogen and oxygen atoms in total. The molecule has 0 unspecified atom stereocenters. The van der Waals surface area contributed by atoms with Crippen molar-refractivity contribution in [3.8, 4) is 11.6 Å². The van der Waals surface area contributed by atoms with E-state index in [0.717, 1.165) is 11.8 Å². The lowest BCUT2D eigenvalue weighted by molar-refractivity contribution is 0.186. The molecule has 1 N–H and O–H groups in total. The van der Waals surface area contributed by atoms with Gasteiger partial charge in [-0.05, 0) is 37.2 Å². The Bertz CT molecular complexity index is 326. The van der Waals surface area contributed by atoms with Gasteiger partial charge in [-0.2, -0.15) is 0 Å². The molecule has 3 atom stereocenters. The second-order valence-corrected chi connectivity index (χ2v) is 4.32. The molecule has 3 heteroatoms. The molecule has 2 aliphatic carbocycles. The van der Waals surface area contributed by atoms with Gasteiger partial charge in [-0.1, -0.05) is 0 Å². The molecule has 2 aliphatic rings. The third-order valence-electron chi connectivity index (χ3n) is 3.21. The molecule has 0 bridgehead atoms. The Labute approximate surface area is 82.7 Å². The van der Waals surface area contributed by atoms with Crippen LogP contribution in [0, 0.1) is 11.8 Å². The van der Waals surface area contributed by atoms with E-state index in [1.807, 2.05) is 0 Å². The van der Waals surface area contributed by atoms with Gasteiger partial charge in [0.1, 0.15) is 11.9 Å². The molecule has 3 rings (SSSR count). The van der Waals surface area contributed by atoms with Crippen LogP contribution in [0.1, 0.15) is 19.3 Å². The summed E-state index contributed by atoms with van der Waals surface area (Å²) in [7, 11) is 0. The molecule has 74 valence electrons. The van der Waals surface area contributed by atoms with Crippen molar-refractivity contribution < 1.29 is 9.84 Å². The van der Waals surface area contributed by atoms with Gasteiger partial charge in [0.2, 0.25) is 5.88 Å². The van der Waals surface area contributed by atoms with Crippen LogP contribution in [-0.2, 0) is 0 Å². The monoisotopic (exact) mass is 191 g/mol. The van der Waals surface area contributed by atoms with Crippen LogP contribution in [0.15, 0.2) is 18.3 Å². The largest absolute Gasteiger partial charge is 0.506 e. The molecule has 0 radical (unpaired) electrons. The van der Waals surface area contributed by atoms with E-state index in [1.54, 1.807) is 12.1 Å². The topological polar surface area (TPSA) is 42.4 Å². The molecular formula is C11H13NO2. The highest BCUT2D eigenvalue weighted by atomic mass is 16.5. The smallest absolute Gasteiger partial charge is 0.213 e.